The topological polar surface area (TPSA) is 45.2 Å². The lowest BCUT2D eigenvalue weighted by molar-refractivity contribution is 0.278. The smallest absolute Gasteiger partial charge is 0.141 e. The maximum Gasteiger partial charge on any atom is 0.141 e. The van der Waals surface area contributed by atoms with Crippen LogP contribution in [0.3, 0.4) is 0 Å². The molecule has 1 aliphatic rings. The fourth-order valence-electron chi connectivity index (χ4n) is 2.41. The quantitative estimate of drug-likeness (QED) is 0.861. The first-order valence-electron chi connectivity index (χ1n) is 7.11. The molecule has 6 heteroatoms. The minimum Gasteiger partial charge on any atom is -0.309 e. The summed E-state index contributed by atoms with van der Waals surface area (Å²) in [4.78, 5) is 6.51. The van der Waals surface area contributed by atoms with Crippen molar-refractivity contribution in [2.75, 3.05) is 37.7 Å². The minimum atomic E-state index is -0.629. The van der Waals surface area contributed by atoms with E-state index in [1.54, 1.807) is 6.07 Å². The molecule has 1 N–H and O–H groups in total. The number of pyridine rings is 1. The first-order valence-corrected chi connectivity index (χ1v) is 8.60. The van der Waals surface area contributed by atoms with E-state index in [9.17, 15) is 8.60 Å². The van der Waals surface area contributed by atoms with E-state index in [4.69, 9.17) is 0 Å². The molecule has 2 heterocycles. The van der Waals surface area contributed by atoms with Crippen LogP contribution in [0.15, 0.2) is 18.3 Å². The molecule has 2 rings (SSSR count). The second kappa shape index (κ2) is 7.81. The van der Waals surface area contributed by atoms with Gasteiger partial charge in [0.2, 0.25) is 0 Å². The number of hydrogen-bond acceptors (Lipinski definition) is 4. The molecule has 20 heavy (non-hydrogen) atoms. The van der Waals surface area contributed by atoms with Crippen LogP contribution in [0, 0.1) is 5.82 Å². The second-order valence-electron chi connectivity index (χ2n) is 4.99. The zero-order valence-corrected chi connectivity index (χ0v) is 12.7. The van der Waals surface area contributed by atoms with Crippen LogP contribution in [0.4, 0.5) is 4.39 Å². The van der Waals surface area contributed by atoms with E-state index < -0.39 is 10.8 Å². The molecule has 0 spiro atoms. The van der Waals surface area contributed by atoms with Crippen molar-refractivity contribution in [1.82, 2.24) is 15.2 Å². The van der Waals surface area contributed by atoms with E-state index in [0.717, 1.165) is 49.8 Å². The van der Waals surface area contributed by atoms with Crippen molar-refractivity contribution in [2.45, 2.75) is 19.4 Å². The summed E-state index contributed by atoms with van der Waals surface area (Å²) in [6, 6.07) is 3.35. The number of halogens is 1. The van der Waals surface area contributed by atoms with Crippen molar-refractivity contribution in [3.63, 3.8) is 0 Å². The van der Waals surface area contributed by atoms with Crippen LogP contribution in [0.25, 0.3) is 0 Å². The number of rotatable bonds is 6. The summed E-state index contributed by atoms with van der Waals surface area (Å²) in [7, 11) is -0.629. The second-order valence-corrected chi connectivity index (χ2v) is 6.69. The molecule has 1 aromatic rings. The van der Waals surface area contributed by atoms with E-state index >= 15 is 0 Å². The third kappa shape index (κ3) is 4.61. The summed E-state index contributed by atoms with van der Waals surface area (Å²) in [5, 5.41) is 3.40. The van der Waals surface area contributed by atoms with Crippen LogP contribution in [0.2, 0.25) is 0 Å². The van der Waals surface area contributed by atoms with Crippen LogP contribution < -0.4 is 5.32 Å². The van der Waals surface area contributed by atoms with Gasteiger partial charge in [-0.2, -0.15) is 0 Å². The Hall–Kier alpha value is -0.850. The van der Waals surface area contributed by atoms with E-state index in [-0.39, 0.29) is 11.9 Å². The SMILES string of the molecule is CCNC(CCN1CCS(=O)CC1)c1ccc(F)cn1. The Morgan fingerprint density at radius 1 is 1.45 bits per heavy atom. The molecule has 0 bridgehead atoms. The van der Waals surface area contributed by atoms with Crippen molar-refractivity contribution in [3.05, 3.63) is 29.8 Å². The van der Waals surface area contributed by atoms with E-state index in [2.05, 4.69) is 22.1 Å². The molecule has 1 atom stereocenters. The molecule has 0 radical (unpaired) electrons. The lowest BCUT2D eigenvalue weighted by atomic mass is 10.1. The van der Waals surface area contributed by atoms with Gasteiger partial charge in [0.15, 0.2) is 0 Å². The molecule has 1 aliphatic heterocycles. The summed E-state index contributed by atoms with van der Waals surface area (Å²) in [6.45, 7) is 5.67. The number of aromatic nitrogens is 1. The van der Waals surface area contributed by atoms with Gasteiger partial charge in [0.1, 0.15) is 5.82 Å². The predicted molar refractivity (Wildman–Crippen MR) is 79.5 cm³/mol. The van der Waals surface area contributed by atoms with E-state index in [0.29, 0.717) is 0 Å². The van der Waals surface area contributed by atoms with Gasteiger partial charge in [-0.3, -0.25) is 9.19 Å². The molecule has 1 fully saturated rings. The predicted octanol–water partition coefficient (Wildman–Crippen LogP) is 1.33. The van der Waals surface area contributed by atoms with Crippen molar-refractivity contribution in [1.29, 1.82) is 0 Å². The third-order valence-corrected chi connectivity index (χ3v) is 4.84. The van der Waals surface area contributed by atoms with Crippen molar-refractivity contribution in [3.8, 4) is 0 Å². The highest BCUT2D eigenvalue weighted by atomic mass is 32.2. The molecular weight excluding hydrogens is 277 g/mol. The van der Waals surface area contributed by atoms with Gasteiger partial charge >= 0.3 is 0 Å². The summed E-state index contributed by atoms with van der Waals surface area (Å²) in [6.07, 6.45) is 2.20. The van der Waals surface area contributed by atoms with Gasteiger partial charge in [-0.25, -0.2) is 4.39 Å². The maximum absolute atomic E-state index is 12.9. The summed E-state index contributed by atoms with van der Waals surface area (Å²) in [5.74, 6) is 1.25. The Balaban J connectivity index is 1.89. The minimum absolute atomic E-state index is 0.146. The maximum atomic E-state index is 12.9. The van der Waals surface area contributed by atoms with Crippen molar-refractivity contribution < 1.29 is 8.60 Å². The number of nitrogens with zero attached hydrogens (tertiary/aromatic N) is 2. The van der Waals surface area contributed by atoms with Gasteiger partial charge in [-0.15, -0.1) is 0 Å². The molecule has 0 amide bonds. The van der Waals surface area contributed by atoms with Crippen molar-refractivity contribution in [2.24, 2.45) is 0 Å². The van der Waals surface area contributed by atoms with Gasteiger partial charge in [0.05, 0.1) is 17.9 Å². The Labute approximate surface area is 122 Å². The zero-order chi connectivity index (χ0) is 14.4. The highest BCUT2D eigenvalue weighted by Crippen LogP contribution is 2.16. The van der Waals surface area contributed by atoms with Gasteiger partial charge in [-0.1, -0.05) is 6.92 Å². The van der Waals surface area contributed by atoms with Gasteiger partial charge in [-0.05, 0) is 25.1 Å². The summed E-state index contributed by atoms with van der Waals surface area (Å²) < 4.78 is 24.3. The molecule has 0 aliphatic carbocycles. The highest BCUT2D eigenvalue weighted by molar-refractivity contribution is 7.85. The normalized spacial score (nSPS) is 19.1. The molecule has 0 saturated carbocycles. The van der Waals surface area contributed by atoms with Crippen LogP contribution >= 0.6 is 0 Å². The fourth-order valence-corrected chi connectivity index (χ4v) is 3.53. The van der Waals surface area contributed by atoms with Crippen LogP contribution in [0.1, 0.15) is 25.1 Å². The molecule has 1 unspecified atom stereocenters. The Morgan fingerprint density at radius 2 is 2.20 bits per heavy atom. The molecular formula is C14H22FN3OS. The Bertz CT molecular complexity index is 431. The van der Waals surface area contributed by atoms with E-state index in [1.807, 2.05) is 0 Å². The first-order chi connectivity index (χ1) is 9.69. The Kier molecular flexibility index (Phi) is 6.06. The van der Waals surface area contributed by atoms with Gasteiger partial charge < -0.3 is 10.2 Å². The van der Waals surface area contributed by atoms with Crippen LogP contribution in [0.5, 0.6) is 0 Å². The van der Waals surface area contributed by atoms with Gasteiger partial charge in [0, 0.05) is 41.9 Å². The lowest BCUT2D eigenvalue weighted by Crippen LogP contribution is -2.39. The number of hydrogen-bond donors (Lipinski definition) is 1. The van der Waals surface area contributed by atoms with Crippen molar-refractivity contribution >= 4 is 10.8 Å². The number of nitrogens with one attached hydrogen (secondary N) is 1. The lowest BCUT2D eigenvalue weighted by Gasteiger charge is -2.28. The average Bonchev–Trinajstić information content (AvgIpc) is 2.46. The molecule has 4 nitrogen and oxygen atoms in total. The molecule has 0 aromatic carbocycles. The molecule has 1 saturated heterocycles. The monoisotopic (exact) mass is 299 g/mol. The van der Waals surface area contributed by atoms with E-state index in [1.165, 1.54) is 12.3 Å². The first kappa shape index (κ1) is 15.5. The third-order valence-electron chi connectivity index (χ3n) is 3.56. The highest BCUT2D eigenvalue weighted by Gasteiger charge is 2.18. The fraction of sp³-hybridized carbons (Fsp3) is 0.643. The summed E-state index contributed by atoms with van der Waals surface area (Å²) in [5.41, 5.74) is 0.883. The standard InChI is InChI=1S/C14H22FN3OS/c1-2-16-14(13-4-3-12(15)11-17-13)5-6-18-7-9-20(19)10-8-18/h3-4,11,14,16H,2,5-10H2,1H3. The largest absolute Gasteiger partial charge is 0.309 e. The van der Waals surface area contributed by atoms with Crippen LogP contribution in [-0.2, 0) is 10.8 Å². The Morgan fingerprint density at radius 3 is 2.80 bits per heavy atom. The van der Waals surface area contributed by atoms with Crippen LogP contribution in [-0.4, -0.2) is 51.8 Å². The molecule has 112 valence electrons. The zero-order valence-electron chi connectivity index (χ0n) is 11.8. The summed E-state index contributed by atoms with van der Waals surface area (Å²) >= 11 is 0. The molecule has 1 aromatic heterocycles. The average molecular weight is 299 g/mol. The van der Waals surface area contributed by atoms with Gasteiger partial charge in [0.25, 0.3) is 0 Å².